The highest BCUT2D eigenvalue weighted by atomic mass is 35.5. The Hall–Kier alpha value is -0.940. The molecule has 0 atom stereocenters. The number of aromatic hydroxyl groups is 1. The number of halogens is 1. The van der Waals surface area contributed by atoms with E-state index in [1.54, 1.807) is 0 Å². The quantitative estimate of drug-likeness (QED) is 0.777. The van der Waals surface area contributed by atoms with Crippen molar-refractivity contribution in [3.05, 3.63) is 9.90 Å². The lowest BCUT2D eigenvalue weighted by Crippen LogP contribution is -1.97. The molecule has 0 aromatic carbocycles. The van der Waals surface area contributed by atoms with Gasteiger partial charge in [-0.25, -0.2) is 4.79 Å². The fourth-order valence-corrected chi connectivity index (χ4v) is 1.91. The van der Waals surface area contributed by atoms with Crippen molar-refractivity contribution < 1.29 is 19.4 Å². The lowest BCUT2D eigenvalue weighted by atomic mass is 10.4. The Morgan fingerprint density at radius 3 is 2.54 bits per heavy atom. The number of rotatable bonds is 2. The zero-order valence-electron chi connectivity index (χ0n) is 6.96. The molecule has 0 radical (unpaired) electrons. The molecule has 1 N–H and O–H groups in total. The van der Waals surface area contributed by atoms with Gasteiger partial charge in [-0.05, 0) is 0 Å². The molecule has 0 amide bonds. The van der Waals surface area contributed by atoms with Crippen LogP contribution in [0.4, 0.5) is 0 Å². The monoisotopic (exact) mass is 222 g/mol. The van der Waals surface area contributed by atoms with Crippen LogP contribution >= 0.6 is 22.9 Å². The molecule has 0 spiro atoms. The Morgan fingerprint density at radius 1 is 1.54 bits per heavy atom. The van der Waals surface area contributed by atoms with Crippen molar-refractivity contribution >= 4 is 28.9 Å². The van der Waals surface area contributed by atoms with Crippen LogP contribution in [0.25, 0.3) is 0 Å². The molecule has 0 aliphatic carbocycles. The molecule has 13 heavy (non-hydrogen) atoms. The molecule has 1 aromatic heterocycles. The number of carbonyl (C=O) groups is 1. The van der Waals surface area contributed by atoms with Crippen LogP contribution in [0.5, 0.6) is 10.8 Å². The van der Waals surface area contributed by atoms with Crippen LogP contribution in [0, 0.1) is 0 Å². The van der Waals surface area contributed by atoms with Gasteiger partial charge in [-0.1, -0.05) is 22.9 Å². The molecule has 0 aliphatic heterocycles. The van der Waals surface area contributed by atoms with Crippen LogP contribution in [0.15, 0.2) is 0 Å². The first kappa shape index (κ1) is 10.1. The van der Waals surface area contributed by atoms with Crippen molar-refractivity contribution in [2.24, 2.45) is 0 Å². The molecule has 0 saturated carbocycles. The zero-order valence-corrected chi connectivity index (χ0v) is 8.53. The predicted octanol–water partition coefficient (Wildman–Crippen LogP) is 1.90. The SMILES string of the molecule is COC(=O)c1sc(OC)c(Cl)c1O. The van der Waals surface area contributed by atoms with Crippen LogP contribution in [0.3, 0.4) is 0 Å². The number of thiophene rings is 1. The van der Waals surface area contributed by atoms with E-state index in [2.05, 4.69) is 4.74 Å². The van der Waals surface area contributed by atoms with E-state index in [4.69, 9.17) is 16.3 Å². The van der Waals surface area contributed by atoms with Gasteiger partial charge in [0, 0.05) is 0 Å². The Balaban J connectivity index is 3.17. The lowest BCUT2D eigenvalue weighted by molar-refractivity contribution is 0.0603. The van der Waals surface area contributed by atoms with Gasteiger partial charge in [-0.15, -0.1) is 0 Å². The summed E-state index contributed by atoms with van der Waals surface area (Å²) in [6.45, 7) is 0. The van der Waals surface area contributed by atoms with E-state index in [1.165, 1.54) is 14.2 Å². The van der Waals surface area contributed by atoms with Crippen molar-refractivity contribution in [1.29, 1.82) is 0 Å². The third kappa shape index (κ3) is 1.71. The second kappa shape index (κ2) is 3.85. The summed E-state index contributed by atoms with van der Waals surface area (Å²) in [5, 5.41) is 9.68. The summed E-state index contributed by atoms with van der Waals surface area (Å²) in [4.78, 5) is 11.1. The highest BCUT2D eigenvalue weighted by Gasteiger charge is 2.22. The second-order valence-electron chi connectivity index (χ2n) is 2.08. The number of carbonyl (C=O) groups excluding carboxylic acids is 1. The average molecular weight is 223 g/mol. The average Bonchev–Trinajstić information content (AvgIpc) is 2.43. The molecule has 0 bridgehead atoms. The molecule has 4 nitrogen and oxygen atoms in total. The smallest absolute Gasteiger partial charge is 0.352 e. The molecule has 1 aromatic rings. The van der Waals surface area contributed by atoms with Crippen LogP contribution in [-0.2, 0) is 4.74 Å². The van der Waals surface area contributed by atoms with Gasteiger partial charge in [-0.2, -0.15) is 0 Å². The summed E-state index contributed by atoms with van der Waals surface area (Å²) in [6.07, 6.45) is 0. The van der Waals surface area contributed by atoms with Crippen LogP contribution in [-0.4, -0.2) is 25.3 Å². The second-order valence-corrected chi connectivity index (χ2v) is 3.44. The highest BCUT2D eigenvalue weighted by Crippen LogP contribution is 2.44. The first-order chi connectivity index (χ1) is 6.11. The summed E-state index contributed by atoms with van der Waals surface area (Å²) in [5.74, 6) is -0.928. The zero-order chi connectivity index (χ0) is 10.0. The molecule has 1 rings (SSSR count). The van der Waals surface area contributed by atoms with E-state index in [0.29, 0.717) is 5.06 Å². The van der Waals surface area contributed by atoms with Gasteiger partial charge < -0.3 is 14.6 Å². The fourth-order valence-electron chi connectivity index (χ4n) is 0.745. The molecule has 6 heteroatoms. The standard InChI is InChI=1S/C7H7ClO4S/c1-11-6(10)5-4(9)3(8)7(12-2)13-5/h9H,1-2H3. The topological polar surface area (TPSA) is 55.8 Å². The minimum absolute atomic E-state index is 0.0351. The van der Waals surface area contributed by atoms with Gasteiger partial charge in [-0.3, -0.25) is 0 Å². The van der Waals surface area contributed by atoms with E-state index >= 15 is 0 Å². The summed E-state index contributed by atoms with van der Waals surface area (Å²) < 4.78 is 9.25. The molecule has 1 heterocycles. The van der Waals surface area contributed by atoms with Crippen LogP contribution in [0.1, 0.15) is 9.67 Å². The molecule has 0 aliphatic rings. The van der Waals surface area contributed by atoms with E-state index in [9.17, 15) is 9.90 Å². The third-order valence-electron chi connectivity index (χ3n) is 1.35. The number of hydrogen-bond donors (Lipinski definition) is 1. The minimum Gasteiger partial charge on any atom is -0.505 e. The van der Waals surface area contributed by atoms with E-state index in [0.717, 1.165) is 11.3 Å². The highest BCUT2D eigenvalue weighted by molar-refractivity contribution is 7.16. The maximum Gasteiger partial charge on any atom is 0.352 e. The molecule has 0 unspecified atom stereocenters. The molecule has 72 valence electrons. The largest absolute Gasteiger partial charge is 0.505 e. The maximum absolute atomic E-state index is 11.0. The maximum atomic E-state index is 11.0. The molecule has 0 fully saturated rings. The number of esters is 1. The third-order valence-corrected chi connectivity index (χ3v) is 2.94. The normalized spacial score (nSPS) is 9.77. The van der Waals surface area contributed by atoms with Gasteiger partial charge in [0.25, 0.3) is 0 Å². The van der Waals surface area contributed by atoms with Crippen LogP contribution < -0.4 is 4.74 Å². The predicted molar refractivity (Wildman–Crippen MR) is 48.9 cm³/mol. The Bertz CT molecular complexity index is 333. The summed E-state index contributed by atoms with van der Waals surface area (Å²) in [5.41, 5.74) is 0. The lowest BCUT2D eigenvalue weighted by Gasteiger charge is -1.93. The van der Waals surface area contributed by atoms with Crippen molar-refractivity contribution in [3.63, 3.8) is 0 Å². The van der Waals surface area contributed by atoms with Gasteiger partial charge in [0.15, 0.2) is 15.7 Å². The molecular formula is C7H7ClO4S. The number of methoxy groups -OCH3 is 2. The summed E-state index contributed by atoms with van der Waals surface area (Å²) >= 11 is 6.58. The molecule has 0 saturated heterocycles. The number of hydrogen-bond acceptors (Lipinski definition) is 5. The van der Waals surface area contributed by atoms with E-state index < -0.39 is 5.97 Å². The fraction of sp³-hybridized carbons (Fsp3) is 0.286. The summed E-state index contributed by atoms with van der Waals surface area (Å²) in [6, 6.07) is 0. The van der Waals surface area contributed by atoms with Crippen molar-refractivity contribution in [2.45, 2.75) is 0 Å². The van der Waals surface area contributed by atoms with Gasteiger partial charge in [0.2, 0.25) is 0 Å². The van der Waals surface area contributed by atoms with E-state index in [1.807, 2.05) is 0 Å². The van der Waals surface area contributed by atoms with Gasteiger partial charge in [0.05, 0.1) is 14.2 Å². The minimum atomic E-state index is -0.632. The van der Waals surface area contributed by atoms with E-state index in [-0.39, 0.29) is 15.6 Å². The van der Waals surface area contributed by atoms with Crippen LogP contribution in [0.2, 0.25) is 5.02 Å². The number of ether oxygens (including phenoxy) is 2. The Labute approximate surface area is 83.7 Å². The van der Waals surface area contributed by atoms with Crippen molar-refractivity contribution in [3.8, 4) is 10.8 Å². The first-order valence-electron chi connectivity index (χ1n) is 3.25. The summed E-state index contributed by atoms with van der Waals surface area (Å²) in [7, 11) is 2.63. The Kier molecular flexibility index (Phi) is 3.00. The Morgan fingerprint density at radius 2 is 2.15 bits per heavy atom. The molecular weight excluding hydrogens is 216 g/mol. The van der Waals surface area contributed by atoms with Gasteiger partial charge >= 0.3 is 5.97 Å². The van der Waals surface area contributed by atoms with Crippen molar-refractivity contribution in [1.82, 2.24) is 0 Å². The first-order valence-corrected chi connectivity index (χ1v) is 4.44. The van der Waals surface area contributed by atoms with Crippen molar-refractivity contribution in [2.75, 3.05) is 14.2 Å². The van der Waals surface area contributed by atoms with Gasteiger partial charge in [0.1, 0.15) is 5.02 Å².